The first-order valence-electron chi connectivity index (χ1n) is 3.69. The van der Waals surface area contributed by atoms with Gasteiger partial charge in [-0.3, -0.25) is 0 Å². The van der Waals surface area contributed by atoms with Gasteiger partial charge in [0.25, 0.3) is 0 Å². The van der Waals surface area contributed by atoms with E-state index < -0.39 is 0 Å². The van der Waals surface area contributed by atoms with E-state index in [1.165, 1.54) is 5.69 Å². The summed E-state index contributed by atoms with van der Waals surface area (Å²) in [5.41, 5.74) is 1.18. The highest BCUT2D eigenvalue weighted by Crippen LogP contribution is 2.18. The minimum atomic E-state index is 0.431. The fraction of sp³-hybridized carbons (Fsp3) is 0.625. The molecule has 0 aliphatic heterocycles. The van der Waals surface area contributed by atoms with E-state index in [0.717, 1.165) is 5.01 Å². The Balaban J connectivity index is 2.76. The number of aryl methyl sites for hydroxylation is 1. The summed E-state index contributed by atoms with van der Waals surface area (Å²) in [6.45, 7) is 4.20. The first-order chi connectivity index (χ1) is 5.11. The van der Waals surface area contributed by atoms with Gasteiger partial charge in [0, 0.05) is 11.4 Å². The molecule has 0 amide bonds. The molecule has 0 saturated heterocycles. The van der Waals surface area contributed by atoms with Crippen molar-refractivity contribution in [2.24, 2.45) is 0 Å². The fourth-order valence-corrected chi connectivity index (χ4v) is 1.54. The van der Waals surface area contributed by atoms with E-state index >= 15 is 0 Å². The molecule has 0 aromatic carbocycles. The van der Waals surface area contributed by atoms with Gasteiger partial charge in [0.2, 0.25) is 0 Å². The Morgan fingerprint density at radius 2 is 2.18 bits per heavy atom. The van der Waals surface area contributed by atoms with Crippen molar-refractivity contribution >= 4 is 11.3 Å². The Hall–Kier alpha value is -0.410. The zero-order valence-corrected chi connectivity index (χ0v) is 8.27. The Bertz CT molecular complexity index is 230. The first kappa shape index (κ1) is 8.68. The molecule has 0 N–H and O–H groups in total. The number of hydrogen-bond acceptors (Lipinski definition) is 3. The summed E-state index contributed by atoms with van der Waals surface area (Å²) in [6.07, 6.45) is 0. The Morgan fingerprint density at radius 1 is 1.55 bits per heavy atom. The third-order valence-electron chi connectivity index (χ3n) is 1.84. The molecule has 0 saturated carbocycles. The highest BCUT2D eigenvalue weighted by molar-refractivity contribution is 7.09. The molecular weight excluding hydrogens is 156 g/mol. The van der Waals surface area contributed by atoms with Crippen LogP contribution >= 0.6 is 11.3 Å². The lowest BCUT2D eigenvalue weighted by atomic mass is 10.2. The number of aromatic nitrogens is 1. The molecule has 1 aromatic heterocycles. The minimum Gasteiger partial charge on any atom is -0.301 e. The Kier molecular flexibility index (Phi) is 2.62. The van der Waals surface area contributed by atoms with Gasteiger partial charge in [-0.05, 0) is 27.9 Å². The van der Waals surface area contributed by atoms with Gasteiger partial charge >= 0.3 is 0 Å². The largest absolute Gasteiger partial charge is 0.301 e. The third-order valence-corrected chi connectivity index (χ3v) is 2.63. The standard InChI is InChI=1S/C8H14N2S/c1-6(10(3)4)8-5-11-7(2)9-8/h5-6H,1-4H3. The second-order valence-corrected chi connectivity index (χ2v) is 3.99. The van der Waals surface area contributed by atoms with Crippen molar-refractivity contribution in [1.29, 1.82) is 0 Å². The van der Waals surface area contributed by atoms with Crippen molar-refractivity contribution in [1.82, 2.24) is 9.88 Å². The highest BCUT2D eigenvalue weighted by Gasteiger charge is 2.09. The van der Waals surface area contributed by atoms with Gasteiger partial charge in [0.15, 0.2) is 0 Å². The van der Waals surface area contributed by atoms with E-state index in [9.17, 15) is 0 Å². The summed E-state index contributed by atoms with van der Waals surface area (Å²) in [4.78, 5) is 6.57. The average molecular weight is 170 g/mol. The summed E-state index contributed by atoms with van der Waals surface area (Å²) in [5.74, 6) is 0. The summed E-state index contributed by atoms with van der Waals surface area (Å²) in [6, 6.07) is 0.431. The monoisotopic (exact) mass is 170 g/mol. The first-order valence-corrected chi connectivity index (χ1v) is 4.57. The quantitative estimate of drug-likeness (QED) is 0.675. The molecule has 0 aliphatic carbocycles. The van der Waals surface area contributed by atoms with Crippen molar-refractivity contribution in [3.05, 3.63) is 16.1 Å². The number of hydrogen-bond donors (Lipinski definition) is 0. The molecule has 0 fully saturated rings. The molecule has 62 valence electrons. The van der Waals surface area contributed by atoms with Crippen LogP contribution in [0.3, 0.4) is 0 Å². The zero-order valence-electron chi connectivity index (χ0n) is 7.46. The molecule has 1 heterocycles. The maximum Gasteiger partial charge on any atom is 0.0898 e. The molecule has 1 unspecified atom stereocenters. The van der Waals surface area contributed by atoms with E-state index in [4.69, 9.17) is 0 Å². The highest BCUT2D eigenvalue weighted by atomic mass is 32.1. The maximum absolute atomic E-state index is 4.41. The van der Waals surface area contributed by atoms with Crippen LogP contribution in [-0.4, -0.2) is 24.0 Å². The fourth-order valence-electron chi connectivity index (χ4n) is 0.837. The molecule has 3 heteroatoms. The predicted molar refractivity (Wildman–Crippen MR) is 49.0 cm³/mol. The lowest BCUT2D eigenvalue weighted by molar-refractivity contribution is 0.316. The summed E-state index contributed by atoms with van der Waals surface area (Å²) in [7, 11) is 4.14. The number of nitrogens with zero attached hydrogens (tertiary/aromatic N) is 2. The van der Waals surface area contributed by atoms with Crippen LogP contribution in [0.2, 0.25) is 0 Å². The van der Waals surface area contributed by atoms with Gasteiger partial charge in [0.1, 0.15) is 0 Å². The third kappa shape index (κ3) is 2.01. The smallest absolute Gasteiger partial charge is 0.0898 e. The molecular formula is C8H14N2S. The second kappa shape index (κ2) is 3.32. The maximum atomic E-state index is 4.41. The van der Waals surface area contributed by atoms with Crippen LogP contribution < -0.4 is 0 Å². The summed E-state index contributed by atoms with van der Waals surface area (Å²) in [5, 5.41) is 3.27. The lowest BCUT2D eigenvalue weighted by Crippen LogP contribution is -2.16. The van der Waals surface area contributed by atoms with Crippen molar-refractivity contribution in [3.63, 3.8) is 0 Å². The van der Waals surface area contributed by atoms with Gasteiger partial charge in [-0.2, -0.15) is 0 Å². The number of rotatable bonds is 2. The van der Waals surface area contributed by atoms with Crippen LogP contribution in [0.25, 0.3) is 0 Å². The van der Waals surface area contributed by atoms with Crippen molar-refractivity contribution in [2.75, 3.05) is 14.1 Å². The van der Waals surface area contributed by atoms with Gasteiger partial charge in [-0.15, -0.1) is 11.3 Å². The molecule has 0 aliphatic rings. The van der Waals surface area contributed by atoms with E-state index in [1.54, 1.807) is 11.3 Å². The molecule has 1 aromatic rings. The minimum absolute atomic E-state index is 0.431. The zero-order chi connectivity index (χ0) is 8.43. The molecule has 0 spiro atoms. The molecule has 1 atom stereocenters. The molecule has 1 rings (SSSR count). The Morgan fingerprint density at radius 3 is 2.55 bits per heavy atom. The second-order valence-electron chi connectivity index (χ2n) is 2.93. The normalized spacial score (nSPS) is 13.9. The van der Waals surface area contributed by atoms with Gasteiger partial charge < -0.3 is 4.90 Å². The SMILES string of the molecule is Cc1nc(C(C)N(C)C)cs1. The summed E-state index contributed by atoms with van der Waals surface area (Å²) < 4.78 is 0. The van der Waals surface area contributed by atoms with Crippen LogP contribution in [0.4, 0.5) is 0 Å². The molecule has 0 radical (unpaired) electrons. The molecule has 11 heavy (non-hydrogen) atoms. The average Bonchev–Trinajstić information content (AvgIpc) is 2.34. The lowest BCUT2D eigenvalue weighted by Gasteiger charge is -2.16. The van der Waals surface area contributed by atoms with Gasteiger partial charge in [-0.25, -0.2) is 4.98 Å². The van der Waals surface area contributed by atoms with Crippen molar-refractivity contribution in [2.45, 2.75) is 19.9 Å². The predicted octanol–water partition coefficient (Wildman–Crippen LogP) is 2.07. The van der Waals surface area contributed by atoms with Crippen LogP contribution in [0.1, 0.15) is 23.7 Å². The van der Waals surface area contributed by atoms with Gasteiger partial charge in [0.05, 0.1) is 10.7 Å². The summed E-state index contributed by atoms with van der Waals surface area (Å²) >= 11 is 1.71. The van der Waals surface area contributed by atoms with E-state index in [2.05, 4.69) is 36.3 Å². The van der Waals surface area contributed by atoms with Gasteiger partial charge in [-0.1, -0.05) is 0 Å². The molecule has 2 nitrogen and oxygen atoms in total. The topological polar surface area (TPSA) is 16.1 Å². The van der Waals surface area contributed by atoms with Crippen LogP contribution in [-0.2, 0) is 0 Å². The van der Waals surface area contributed by atoms with Crippen LogP contribution in [0.5, 0.6) is 0 Å². The van der Waals surface area contributed by atoms with E-state index in [0.29, 0.717) is 6.04 Å². The van der Waals surface area contributed by atoms with Crippen molar-refractivity contribution in [3.8, 4) is 0 Å². The van der Waals surface area contributed by atoms with Crippen LogP contribution in [0.15, 0.2) is 5.38 Å². The van der Waals surface area contributed by atoms with E-state index in [1.807, 2.05) is 6.92 Å². The number of thiazole rings is 1. The van der Waals surface area contributed by atoms with Crippen molar-refractivity contribution < 1.29 is 0 Å². The van der Waals surface area contributed by atoms with Crippen LogP contribution in [0, 0.1) is 6.92 Å². The van der Waals surface area contributed by atoms with E-state index in [-0.39, 0.29) is 0 Å². The molecule has 0 bridgehead atoms. The Labute approximate surface area is 71.9 Å².